The zero-order chi connectivity index (χ0) is 18.5. The van der Waals surface area contributed by atoms with E-state index in [1.54, 1.807) is 32.0 Å². The first-order chi connectivity index (χ1) is 12.7. The molecule has 0 aliphatic rings. The van der Waals surface area contributed by atoms with Gasteiger partial charge in [-0.25, -0.2) is 4.79 Å². The number of para-hydroxylation sites is 3. The summed E-state index contributed by atoms with van der Waals surface area (Å²) >= 11 is 1.61. The highest BCUT2D eigenvalue weighted by Gasteiger charge is 2.19. The Hall–Kier alpha value is -2.73. The number of anilines is 2. The zero-order valence-electron chi connectivity index (χ0n) is 14.9. The maximum Gasteiger partial charge on any atom is 0.341 e. The van der Waals surface area contributed by atoms with Crippen LogP contribution in [0.15, 0.2) is 53.6 Å². The number of hydrogen-bond donors (Lipinski definition) is 1. The summed E-state index contributed by atoms with van der Waals surface area (Å²) in [7, 11) is 1.61. The van der Waals surface area contributed by atoms with E-state index in [9.17, 15) is 4.79 Å². The maximum atomic E-state index is 12.5. The first kappa shape index (κ1) is 18.1. The summed E-state index contributed by atoms with van der Waals surface area (Å²) in [4.78, 5) is 18.0. The molecule has 1 N–H and O–H groups in total. The maximum absolute atomic E-state index is 12.5. The summed E-state index contributed by atoms with van der Waals surface area (Å²) in [6, 6.07) is 13.5. The molecule has 0 saturated heterocycles. The number of carbonyl (C=O) groups excluding carboxylic acids is 1. The number of ether oxygens (including phenoxy) is 2. The van der Waals surface area contributed by atoms with Crippen LogP contribution in [0.25, 0.3) is 10.9 Å². The van der Waals surface area contributed by atoms with Crippen molar-refractivity contribution in [1.82, 2.24) is 4.98 Å². The van der Waals surface area contributed by atoms with Crippen molar-refractivity contribution in [2.24, 2.45) is 0 Å². The summed E-state index contributed by atoms with van der Waals surface area (Å²) in [6.07, 6.45) is 3.57. The molecular weight excluding hydrogens is 348 g/mol. The lowest BCUT2D eigenvalue weighted by Crippen LogP contribution is -2.09. The number of aromatic nitrogens is 1. The Labute approximate surface area is 156 Å². The molecule has 3 rings (SSSR count). The van der Waals surface area contributed by atoms with Gasteiger partial charge in [0.05, 0.1) is 30.6 Å². The van der Waals surface area contributed by atoms with Crippen LogP contribution >= 0.6 is 11.8 Å². The van der Waals surface area contributed by atoms with Crippen LogP contribution < -0.4 is 10.1 Å². The molecule has 0 saturated carbocycles. The molecule has 26 heavy (non-hydrogen) atoms. The van der Waals surface area contributed by atoms with E-state index in [0.29, 0.717) is 23.6 Å². The first-order valence-electron chi connectivity index (χ1n) is 8.22. The highest BCUT2D eigenvalue weighted by atomic mass is 32.2. The predicted molar refractivity (Wildman–Crippen MR) is 106 cm³/mol. The minimum atomic E-state index is -0.408. The number of benzene rings is 2. The van der Waals surface area contributed by atoms with Crippen LogP contribution in [0.4, 0.5) is 11.4 Å². The number of esters is 1. The molecule has 0 aliphatic carbocycles. The molecule has 1 aromatic heterocycles. The number of methoxy groups -OCH3 is 1. The standard InChI is InChI=1S/C20H20N2O3S/c1-4-25-20(23)14-12-21-19-13(8-7-11-17(19)26-3)18(14)22-15-9-5-6-10-16(15)24-2/h5-12H,4H2,1-3H3,(H,21,22). The molecule has 0 spiro atoms. The second-order valence-electron chi connectivity index (χ2n) is 5.45. The fraction of sp³-hybridized carbons (Fsp3) is 0.200. The number of pyridine rings is 1. The number of carbonyl (C=O) groups is 1. The Kier molecular flexibility index (Phi) is 5.63. The van der Waals surface area contributed by atoms with E-state index in [0.717, 1.165) is 21.5 Å². The van der Waals surface area contributed by atoms with Crippen molar-refractivity contribution in [3.05, 3.63) is 54.2 Å². The molecule has 1 heterocycles. The number of thioether (sulfide) groups is 1. The van der Waals surface area contributed by atoms with Gasteiger partial charge >= 0.3 is 5.97 Å². The van der Waals surface area contributed by atoms with Gasteiger partial charge in [-0.1, -0.05) is 24.3 Å². The molecule has 2 aromatic carbocycles. The Balaban J connectivity index is 2.21. The van der Waals surface area contributed by atoms with Gasteiger partial charge in [0.2, 0.25) is 0 Å². The Bertz CT molecular complexity index is 943. The van der Waals surface area contributed by atoms with Crippen LogP contribution in [-0.2, 0) is 4.74 Å². The second-order valence-corrected chi connectivity index (χ2v) is 6.30. The monoisotopic (exact) mass is 368 g/mol. The third kappa shape index (κ3) is 3.46. The van der Waals surface area contributed by atoms with Crippen molar-refractivity contribution in [2.75, 3.05) is 25.3 Å². The normalized spacial score (nSPS) is 10.6. The Morgan fingerprint density at radius 1 is 1.19 bits per heavy atom. The largest absolute Gasteiger partial charge is 0.495 e. The van der Waals surface area contributed by atoms with Crippen molar-refractivity contribution in [1.29, 1.82) is 0 Å². The van der Waals surface area contributed by atoms with Gasteiger partial charge in [-0.2, -0.15) is 0 Å². The molecular formula is C20H20N2O3S. The van der Waals surface area contributed by atoms with Crippen LogP contribution in [0.3, 0.4) is 0 Å². The van der Waals surface area contributed by atoms with Crippen LogP contribution in [0.1, 0.15) is 17.3 Å². The van der Waals surface area contributed by atoms with E-state index in [1.807, 2.05) is 48.7 Å². The van der Waals surface area contributed by atoms with Crippen LogP contribution in [-0.4, -0.2) is 30.9 Å². The summed E-state index contributed by atoms with van der Waals surface area (Å²) in [5.74, 6) is 0.280. The van der Waals surface area contributed by atoms with Crippen molar-refractivity contribution >= 4 is 40.0 Å². The molecule has 3 aromatic rings. The Morgan fingerprint density at radius 2 is 2.00 bits per heavy atom. The summed E-state index contributed by atoms with van der Waals surface area (Å²) in [5.41, 5.74) is 2.66. The van der Waals surface area contributed by atoms with Crippen LogP contribution in [0.5, 0.6) is 5.75 Å². The lowest BCUT2D eigenvalue weighted by atomic mass is 10.1. The number of hydrogen-bond acceptors (Lipinski definition) is 6. The topological polar surface area (TPSA) is 60.5 Å². The average molecular weight is 368 g/mol. The van der Waals surface area contributed by atoms with E-state index in [2.05, 4.69) is 10.3 Å². The van der Waals surface area contributed by atoms with Crippen molar-refractivity contribution < 1.29 is 14.3 Å². The molecule has 0 aliphatic heterocycles. The molecule has 0 atom stereocenters. The van der Waals surface area contributed by atoms with E-state index in [1.165, 1.54) is 0 Å². The number of nitrogens with zero attached hydrogens (tertiary/aromatic N) is 1. The van der Waals surface area contributed by atoms with Crippen molar-refractivity contribution in [3.63, 3.8) is 0 Å². The number of nitrogens with one attached hydrogen (secondary N) is 1. The fourth-order valence-corrected chi connectivity index (χ4v) is 3.31. The van der Waals surface area contributed by atoms with E-state index in [-0.39, 0.29) is 0 Å². The third-order valence-corrected chi connectivity index (χ3v) is 4.71. The summed E-state index contributed by atoms with van der Waals surface area (Å²) < 4.78 is 10.6. The van der Waals surface area contributed by atoms with E-state index in [4.69, 9.17) is 9.47 Å². The van der Waals surface area contributed by atoms with Gasteiger partial charge in [0.1, 0.15) is 11.3 Å². The third-order valence-electron chi connectivity index (χ3n) is 3.94. The molecule has 0 amide bonds. The zero-order valence-corrected chi connectivity index (χ0v) is 15.7. The molecule has 134 valence electrons. The lowest BCUT2D eigenvalue weighted by molar-refractivity contribution is 0.0527. The minimum absolute atomic E-state index is 0.301. The fourth-order valence-electron chi connectivity index (χ4n) is 2.74. The first-order valence-corrected chi connectivity index (χ1v) is 9.45. The number of rotatable bonds is 6. The van der Waals surface area contributed by atoms with Gasteiger partial charge in [-0.05, 0) is 31.4 Å². The molecule has 6 heteroatoms. The van der Waals surface area contributed by atoms with Gasteiger partial charge in [-0.15, -0.1) is 11.8 Å². The van der Waals surface area contributed by atoms with Crippen molar-refractivity contribution in [3.8, 4) is 5.75 Å². The van der Waals surface area contributed by atoms with Gasteiger partial charge in [0.25, 0.3) is 0 Å². The average Bonchev–Trinajstić information content (AvgIpc) is 2.68. The SMILES string of the molecule is CCOC(=O)c1cnc2c(SC)cccc2c1Nc1ccccc1OC. The predicted octanol–water partition coefficient (Wildman–Crippen LogP) is 4.89. The van der Waals surface area contributed by atoms with E-state index >= 15 is 0 Å². The smallest absolute Gasteiger partial charge is 0.341 e. The Morgan fingerprint density at radius 3 is 2.73 bits per heavy atom. The van der Waals surface area contributed by atoms with E-state index < -0.39 is 5.97 Å². The molecule has 0 radical (unpaired) electrons. The van der Waals surface area contributed by atoms with Crippen LogP contribution in [0, 0.1) is 0 Å². The van der Waals surface area contributed by atoms with Gasteiger partial charge in [0.15, 0.2) is 0 Å². The van der Waals surface area contributed by atoms with Gasteiger partial charge in [0, 0.05) is 16.5 Å². The number of fused-ring (bicyclic) bond motifs is 1. The second kappa shape index (κ2) is 8.10. The lowest BCUT2D eigenvalue weighted by Gasteiger charge is -2.16. The van der Waals surface area contributed by atoms with Gasteiger partial charge < -0.3 is 14.8 Å². The highest BCUT2D eigenvalue weighted by Crippen LogP contribution is 2.36. The minimum Gasteiger partial charge on any atom is -0.495 e. The highest BCUT2D eigenvalue weighted by molar-refractivity contribution is 7.98. The van der Waals surface area contributed by atoms with Crippen LogP contribution in [0.2, 0.25) is 0 Å². The quantitative estimate of drug-likeness (QED) is 0.494. The molecule has 0 bridgehead atoms. The molecule has 5 nitrogen and oxygen atoms in total. The molecule has 0 fully saturated rings. The summed E-state index contributed by atoms with van der Waals surface area (Å²) in [6.45, 7) is 2.08. The summed E-state index contributed by atoms with van der Waals surface area (Å²) in [5, 5.41) is 4.21. The molecule has 0 unspecified atom stereocenters. The van der Waals surface area contributed by atoms with Crippen molar-refractivity contribution in [2.45, 2.75) is 11.8 Å². The van der Waals surface area contributed by atoms with Gasteiger partial charge in [-0.3, -0.25) is 4.98 Å².